The average molecular weight is 356 g/mol. The molecule has 0 radical (unpaired) electrons. The van der Waals surface area contributed by atoms with Crippen molar-refractivity contribution in [3.8, 4) is 11.5 Å². The van der Waals surface area contributed by atoms with Crippen molar-refractivity contribution in [3.05, 3.63) is 30.4 Å². The number of fused-ring (bicyclic) bond motifs is 2. The lowest BCUT2D eigenvalue weighted by molar-refractivity contribution is -0.140. The highest BCUT2D eigenvalue weighted by Gasteiger charge is 2.46. The van der Waals surface area contributed by atoms with Crippen LogP contribution in [0.2, 0.25) is 0 Å². The predicted octanol–water partition coefficient (Wildman–Crippen LogP) is 2.09. The van der Waals surface area contributed by atoms with Gasteiger partial charge in [0.15, 0.2) is 11.5 Å². The van der Waals surface area contributed by atoms with Crippen LogP contribution in [0.5, 0.6) is 11.5 Å². The van der Waals surface area contributed by atoms with E-state index in [1.807, 2.05) is 12.2 Å². The van der Waals surface area contributed by atoms with E-state index in [1.165, 1.54) is 4.90 Å². The number of allylic oxidation sites excluding steroid dienone is 2. The molecule has 2 atom stereocenters. The number of nitrogens with one attached hydrogen (secondary N) is 1. The Balaban J connectivity index is 1.27. The number of nitrogens with zero attached hydrogens (tertiary/aromatic N) is 1. The zero-order chi connectivity index (χ0) is 18.1. The van der Waals surface area contributed by atoms with Gasteiger partial charge >= 0.3 is 0 Å². The summed E-state index contributed by atoms with van der Waals surface area (Å²) in [5.74, 6) is 0.477. The maximum absolute atomic E-state index is 12.4. The summed E-state index contributed by atoms with van der Waals surface area (Å²) in [6, 6.07) is 5.21. The molecule has 4 rings (SSSR count). The maximum Gasteiger partial charge on any atom is 0.233 e. The maximum atomic E-state index is 12.4. The highest BCUT2D eigenvalue weighted by atomic mass is 16.7. The Morgan fingerprint density at radius 2 is 1.77 bits per heavy atom. The normalized spacial score (nSPS) is 23.3. The predicted molar refractivity (Wildman–Crippen MR) is 92.5 cm³/mol. The molecule has 1 saturated heterocycles. The fourth-order valence-electron chi connectivity index (χ4n) is 3.68. The van der Waals surface area contributed by atoms with Gasteiger partial charge in [0.25, 0.3) is 0 Å². The number of likely N-dealkylation sites (tertiary alicyclic amines) is 1. The van der Waals surface area contributed by atoms with Gasteiger partial charge in [0.2, 0.25) is 24.5 Å². The lowest BCUT2D eigenvalue weighted by atomic mass is 9.85. The summed E-state index contributed by atoms with van der Waals surface area (Å²) in [5, 5.41) is 2.80. The van der Waals surface area contributed by atoms with Gasteiger partial charge in [-0.2, -0.15) is 0 Å². The van der Waals surface area contributed by atoms with Crippen LogP contribution in [0, 0.1) is 11.8 Å². The molecule has 2 aliphatic heterocycles. The van der Waals surface area contributed by atoms with Crippen molar-refractivity contribution in [3.63, 3.8) is 0 Å². The number of hydrogen-bond donors (Lipinski definition) is 1. The fourth-order valence-corrected chi connectivity index (χ4v) is 3.68. The number of imide groups is 1. The van der Waals surface area contributed by atoms with Crippen LogP contribution in [-0.2, 0) is 14.4 Å². The van der Waals surface area contributed by atoms with Crippen LogP contribution in [0.4, 0.5) is 5.69 Å². The standard InChI is InChI=1S/C19H20N2O5/c22-17(20-12-7-8-15-16(10-12)26-11-25-15)6-3-9-21-18(23)13-4-1-2-5-14(13)19(21)24/h1-2,7-8,10,13-14H,3-6,9,11H2,(H,20,22)/t13-,14+. The van der Waals surface area contributed by atoms with Crippen LogP contribution < -0.4 is 14.8 Å². The summed E-state index contributed by atoms with van der Waals surface area (Å²) in [5.41, 5.74) is 0.629. The van der Waals surface area contributed by atoms with E-state index in [9.17, 15) is 14.4 Å². The van der Waals surface area contributed by atoms with Crippen LogP contribution in [0.3, 0.4) is 0 Å². The van der Waals surface area contributed by atoms with Gasteiger partial charge in [-0.3, -0.25) is 19.3 Å². The first-order valence-electron chi connectivity index (χ1n) is 8.83. The van der Waals surface area contributed by atoms with Gasteiger partial charge in [0.05, 0.1) is 11.8 Å². The van der Waals surface area contributed by atoms with Crippen molar-refractivity contribution in [2.45, 2.75) is 25.7 Å². The summed E-state index contributed by atoms with van der Waals surface area (Å²) in [4.78, 5) is 38.2. The Labute approximate surface area is 150 Å². The van der Waals surface area contributed by atoms with E-state index < -0.39 is 0 Å². The smallest absolute Gasteiger partial charge is 0.233 e. The third-order valence-electron chi connectivity index (χ3n) is 5.04. The first-order valence-corrected chi connectivity index (χ1v) is 8.83. The Hall–Kier alpha value is -2.83. The molecule has 3 amide bonds. The zero-order valence-electron chi connectivity index (χ0n) is 14.3. The number of anilines is 1. The second kappa shape index (κ2) is 6.82. The first kappa shape index (κ1) is 16.6. The molecule has 1 aliphatic carbocycles. The Morgan fingerprint density at radius 1 is 1.08 bits per heavy atom. The molecule has 0 spiro atoms. The van der Waals surface area contributed by atoms with Crippen LogP contribution in [0.25, 0.3) is 0 Å². The van der Waals surface area contributed by atoms with Crippen molar-refractivity contribution in [1.29, 1.82) is 0 Å². The number of carbonyl (C=O) groups is 3. The van der Waals surface area contributed by atoms with Crippen molar-refractivity contribution >= 4 is 23.4 Å². The minimum atomic E-state index is -0.213. The molecule has 0 unspecified atom stereocenters. The molecule has 7 nitrogen and oxygen atoms in total. The van der Waals surface area contributed by atoms with Crippen molar-refractivity contribution in [2.75, 3.05) is 18.7 Å². The van der Waals surface area contributed by atoms with Gasteiger partial charge < -0.3 is 14.8 Å². The van der Waals surface area contributed by atoms with E-state index in [0.29, 0.717) is 43.0 Å². The summed E-state index contributed by atoms with van der Waals surface area (Å²) in [7, 11) is 0. The molecule has 2 heterocycles. The molecule has 1 N–H and O–H groups in total. The summed E-state index contributed by atoms with van der Waals surface area (Å²) in [6.07, 6.45) is 5.88. The molecule has 136 valence electrons. The van der Waals surface area contributed by atoms with E-state index >= 15 is 0 Å². The minimum absolute atomic E-state index is 0.0967. The monoisotopic (exact) mass is 356 g/mol. The van der Waals surface area contributed by atoms with Crippen molar-refractivity contribution in [2.24, 2.45) is 11.8 Å². The zero-order valence-corrected chi connectivity index (χ0v) is 14.3. The van der Waals surface area contributed by atoms with Crippen LogP contribution >= 0.6 is 0 Å². The SMILES string of the molecule is O=C(CCCN1C(=O)[C@H]2CC=CC[C@H]2C1=O)Nc1ccc2c(c1)OCO2. The van der Waals surface area contributed by atoms with Gasteiger partial charge in [-0.15, -0.1) is 0 Å². The number of hydrogen-bond acceptors (Lipinski definition) is 5. The molecule has 1 aromatic carbocycles. The summed E-state index contributed by atoms with van der Waals surface area (Å²) < 4.78 is 10.5. The summed E-state index contributed by atoms with van der Waals surface area (Å²) in [6.45, 7) is 0.474. The van der Waals surface area contributed by atoms with E-state index in [0.717, 1.165) is 0 Å². The molecular weight excluding hydrogens is 336 g/mol. The van der Waals surface area contributed by atoms with Crippen molar-refractivity contribution < 1.29 is 23.9 Å². The largest absolute Gasteiger partial charge is 0.454 e. The van der Waals surface area contributed by atoms with Gasteiger partial charge in [-0.25, -0.2) is 0 Å². The van der Waals surface area contributed by atoms with E-state index in [4.69, 9.17) is 9.47 Å². The van der Waals surface area contributed by atoms with E-state index in [-0.39, 0.29) is 42.8 Å². The molecule has 0 saturated carbocycles. The molecule has 26 heavy (non-hydrogen) atoms. The summed E-state index contributed by atoms with van der Waals surface area (Å²) >= 11 is 0. The quantitative estimate of drug-likeness (QED) is 0.645. The van der Waals surface area contributed by atoms with Crippen molar-refractivity contribution in [1.82, 2.24) is 4.90 Å². The molecule has 1 aromatic rings. The first-order chi connectivity index (χ1) is 12.6. The molecule has 0 bridgehead atoms. The number of carbonyl (C=O) groups excluding carboxylic acids is 3. The molecule has 1 fully saturated rings. The average Bonchev–Trinajstić information content (AvgIpc) is 3.20. The Bertz CT molecular complexity index is 762. The second-order valence-corrected chi connectivity index (χ2v) is 6.70. The van der Waals surface area contributed by atoms with E-state index in [2.05, 4.69) is 5.32 Å². The van der Waals surface area contributed by atoms with E-state index in [1.54, 1.807) is 18.2 Å². The minimum Gasteiger partial charge on any atom is -0.454 e. The second-order valence-electron chi connectivity index (χ2n) is 6.70. The third kappa shape index (κ3) is 3.05. The lowest BCUT2D eigenvalue weighted by Crippen LogP contribution is -2.32. The van der Waals surface area contributed by atoms with Crippen LogP contribution in [0.15, 0.2) is 30.4 Å². The molecule has 3 aliphatic rings. The highest BCUT2D eigenvalue weighted by molar-refractivity contribution is 6.05. The number of ether oxygens (including phenoxy) is 2. The number of benzene rings is 1. The highest BCUT2D eigenvalue weighted by Crippen LogP contribution is 2.35. The Kier molecular flexibility index (Phi) is 4.36. The fraction of sp³-hybridized carbons (Fsp3) is 0.421. The lowest BCUT2D eigenvalue weighted by Gasteiger charge is -2.14. The van der Waals surface area contributed by atoms with Gasteiger partial charge in [0.1, 0.15) is 0 Å². The molecule has 7 heteroatoms. The number of rotatable bonds is 5. The third-order valence-corrected chi connectivity index (χ3v) is 5.04. The number of amides is 3. The molecular formula is C19H20N2O5. The van der Waals surface area contributed by atoms with Crippen LogP contribution in [0.1, 0.15) is 25.7 Å². The van der Waals surface area contributed by atoms with Crippen LogP contribution in [-0.4, -0.2) is 36.0 Å². The van der Waals surface area contributed by atoms with Gasteiger partial charge in [0, 0.05) is 24.7 Å². The molecule has 0 aromatic heterocycles. The Morgan fingerprint density at radius 3 is 2.50 bits per heavy atom. The van der Waals surface area contributed by atoms with Gasteiger partial charge in [-0.1, -0.05) is 12.2 Å². The van der Waals surface area contributed by atoms with Gasteiger partial charge in [-0.05, 0) is 31.4 Å². The topological polar surface area (TPSA) is 84.9 Å².